The first-order valence-electron chi connectivity index (χ1n) is 7.92. The Morgan fingerprint density at radius 2 is 2.10 bits per heavy atom. The third kappa shape index (κ3) is 4.19. The van der Waals surface area contributed by atoms with Crippen LogP contribution in [0.1, 0.15) is 59.8 Å². The lowest BCUT2D eigenvalue weighted by Gasteiger charge is -2.34. The molecule has 0 fully saturated rings. The van der Waals surface area contributed by atoms with E-state index in [0.717, 1.165) is 31.3 Å². The van der Waals surface area contributed by atoms with E-state index in [4.69, 9.17) is 4.74 Å². The number of ketones is 1. The van der Waals surface area contributed by atoms with Gasteiger partial charge in [0.2, 0.25) is 0 Å². The number of unbranched alkanes of at least 4 members (excludes halogenated alkanes) is 1. The highest BCUT2D eigenvalue weighted by atomic mass is 16.5. The van der Waals surface area contributed by atoms with E-state index < -0.39 is 0 Å². The Labute approximate surface area is 122 Å². The van der Waals surface area contributed by atoms with Crippen molar-refractivity contribution in [1.82, 2.24) is 0 Å². The minimum absolute atomic E-state index is 0.114. The highest BCUT2D eigenvalue weighted by Gasteiger charge is 2.39. The van der Waals surface area contributed by atoms with E-state index in [9.17, 15) is 9.59 Å². The molecule has 0 saturated carbocycles. The molecule has 20 heavy (non-hydrogen) atoms. The van der Waals surface area contributed by atoms with Gasteiger partial charge in [-0.3, -0.25) is 9.59 Å². The molecule has 0 saturated heterocycles. The van der Waals surface area contributed by atoms with Crippen LogP contribution in [0.2, 0.25) is 0 Å². The molecular formula is C17H28O3. The molecule has 0 unspecified atom stereocenters. The molecule has 0 aliphatic heterocycles. The average Bonchev–Trinajstić information content (AvgIpc) is 2.39. The maximum absolute atomic E-state index is 12.2. The van der Waals surface area contributed by atoms with Crippen LogP contribution in [0.3, 0.4) is 0 Å². The first-order valence-corrected chi connectivity index (χ1v) is 7.92. The summed E-state index contributed by atoms with van der Waals surface area (Å²) in [5.74, 6) is 0.311. The average molecular weight is 280 g/mol. The number of ether oxygens (including phenoxy) is 1. The van der Waals surface area contributed by atoms with Crippen LogP contribution >= 0.6 is 0 Å². The summed E-state index contributed by atoms with van der Waals surface area (Å²) in [4.78, 5) is 24.1. The molecular weight excluding hydrogens is 252 g/mol. The van der Waals surface area contributed by atoms with Crippen molar-refractivity contribution < 1.29 is 14.3 Å². The minimum atomic E-state index is -0.227. The summed E-state index contributed by atoms with van der Waals surface area (Å²) in [5, 5.41) is 0. The quantitative estimate of drug-likeness (QED) is 0.664. The number of carbonyl (C=O) groups excluding carboxylic acids is 2. The molecule has 1 rings (SSSR count). The van der Waals surface area contributed by atoms with Crippen LogP contribution < -0.4 is 0 Å². The molecule has 3 nitrogen and oxygen atoms in total. The van der Waals surface area contributed by atoms with Gasteiger partial charge in [0.15, 0.2) is 5.78 Å². The van der Waals surface area contributed by atoms with E-state index in [1.807, 2.05) is 13.8 Å². The second-order valence-electron chi connectivity index (χ2n) is 5.76. The van der Waals surface area contributed by atoms with E-state index in [0.29, 0.717) is 18.9 Å². The molecule has 0 N–H and O–H groups in total. The first kappa shape index (κ1) is 16.9. The Balaban J connectivity index is 2.95. The van der Waals surface area contributed by atoms with Gasteiger partial charge in [-0.15, -0.1) is 0 Å². The fourth-order valence-electron chi connectivity index (χ4n) is 3.31. The summed E-state index contributed by atoms with van der Waals surface area (Å²) in [5.41, 5.74) is 0.875. The number of hydrogen-bond donors (Lipinski definition) is 0. The molecule has 0 spiro atoms. The summed E-state index contributed by atoms with van der Waals surface area (Å²) in [6.07, 6.45) is 6.53. The first-order chi connectivity index (χ1) is 9.54. The predicted molar refractivity (Wildman–Crippen MR) is 80.3 cm³/mol. The molecule has 0 aromatic heterocycles. The molecule has 114 valence electrons. The number of rotatable bonds is 7. The van der Waals surface area contributed by atoms with Crippen molar-refractivity contribution in [1.29, 1.82) is 0 Å². The molecule has 0 bridgehead atoms. The second kappa shape index (κ2) is 8.23. The molecule has 0 aromatic carbocycles. The third-order valence-electron chi connectivity index (χ3n) is 4.34. The van der Waals surface area contributed by atoms with Gasteiger partial charge in [0.25, 0.3) is 0 Å². The number of hydrogen-bond acceptors (Lipinski definition) is 3. The zero-order valence-electron chi connectivity index (χ0n) is 13.3. The highest BCUT2D eigenvalue weighted by molar-refractivity contribution is 5.94. The maximum atomic E-state index is 12.2. The van der Waals surface area contributed by atoms with E-state index in [1.165, 1.54) is 0 Å². The Morgan fingerprint density at radius 3 is 2.65 bits per heavy atom. The fraction of sp³-hybridized carbons (Fsp3) is 0.765. The molecule has 0 amide bonds. The van der Waals surface area contributed by atoms with Crippen LogP contribution in [0.5, 0.6) is 0 Å². The Morgan fingerprint density at radius 1 is 1.40 bits per heavy atom. The van der Waals surface area contributed by atoms with Crippen molar-refractivity contribution in [2.45, 2.75) is 59.8 Å². The fourth-order valence-corrected chi connectivity index (χ4v) is 3.31. The smallest absolute Gasteiger partial charge is 0.313 e. The molecule has 1 aliphatic rings. The predicted octanol–water partition coefficient (Wildman–Crippen LogP) is 3.92. The van der Waals surface area contributed by atoms with E-state index >= 15 is 0 Å². The molecule has 0 heterocycles. The van der Waals surface area contributed by atoms with Gasteiger partial charge in [-0.05, 0) is 31.8 Å². The summed E-state index contributed by atoms with van der Waals surface area (Å²) in [7, 11) is 0. The molecule has 0 aromatic rings. The SMILES string of the molecule is CCCC[C@@H](CC)[C@@H]1CC(=O)C=C(C)[C@@H]1C(=O)OCC. The maximum Gasteiger partial charge on any atom is 0.313 e. The van der Waals surface area contributed by atoms with Crippen molar-refractivity contribution in [3.8, 4) is 0 Å². The third-order valence-corrected chi connectivity index (χ3v) is 4.34. The Hall–Kier alpha value is -1.12. The minimum Gasteiger partial charge on any atom is -0.466 e. The molecule has 1 aliphatic carbocycles. The van der Waals surface area contributed by atoms with E-state index in [2.05, 4.69) is 13.8 Å². The van der Waals surface area contributed by atoms with E-state index in [1.54, 1.807) is 6.08 Å². The lowest BCUT2D eigenvalue weighted by atomic mass is 9.69. The van der Waals surface area contributed by atoms with Gasteiger partial charge in [0.05, 0.1) is 12.5 Å². The van der Waals surface area contributed by atoms with Crippen molar-refractivity contribution >= 4 is 11.8 Å². The van der Waals surface area contributed by atoms with Gasteiger partial charge in [0, 0.05) is 6.42 Å². The summed E-state index contributed by atoms with van der Waals surface area (Å²) >= 11 is 0. The largest absolute Gasteiger partial charge is 0.466 e. The summed E-state index contributed by atoms with van der Waals surface area (Å²) in [6, 6.07) is 0. The van der Waals surface area contributed by atoms with Gasteiger partial charge >= 0.3 is 5.97 Å². The molecule has 3 heteroatoms. The van der Waals surface area contributed by atoms with Crippen molar-refractivity contribution in [2.24, 2.45) is 17.8 Å². The molecule has 0 radical (unpaired) electrons. The van der Waals surface area contributed by atoms with Crippen molar-refractivity contribution in [2.75, 3.05) is 6.61 Å². The van der Waals surface area contributed by atoms with Gasteiger partial charge < -0.3 is 4.74 Å². The lowest BCUT2D eigenvalue weighted by Crippen LogP contribution is -2.36. The van der Waals surface area contributed by atoms with Crippen LogP contribution in [-0.2, 0) is 14.3 Å². The second-order valence-corrected chi connectivity index (χ2v) is 5.76. The highest BCUT2D eigenvalue weighted by Crippen LogP contribution is 2.38. The number of esters is 1. The normalized spacial score (nSPS) is 24.2. The standard InChI is InChI=1S/C17H28O3/c1-5-8-9-13(6-2)15-11-14(18)10-12(4)16(15)17(19)20-7-3/h10,13,15-16H,5-9,11H2,1-4H3/t13-,15+,16+/m1/s1. The topological polar surface area (TPSA) is 43.4 Å². The lowest BCUT2D eigenvalue weighted by molar-refractivity contribution is -0.149. The van der Waals surface area contributed by atoms with Gasteiger partial charge in [-0.2, -0.15) is 0 Å². The zero-order chi connectivity index (χ0) is 15.1. The van der Waals surface area contributed by atoms with Crippen LogP contribution in [0, 0.1) is 17.8 Å². The van der Waals surface area contributed by atoms with E-state index in [-0.39, 0.29) is 23.6 Å². The van der Waals surface area contributed by atoms with Crippen LogP contribution in [0.4, 0.5) is 0 Å². The summed E-state index contributed by atoms with van der Waals surface area (Å²) < 4.78 is 5.23. The van der Waals surface area contributed by atoms with Crippen molar-refractivity contribution in [3.05, 3.63) is 11.6 Å². The number of carbonyl (C=O) groups is 2. The van der Waals surface area contributed by atoms with Gasteiger partial charge in [-0.1, -0.05) is 45.1 Å². The monoisotopic (exact) mass is 280 g/mol. The van der Waals surface area contributed by atoms with Crippen molar-refractivity contribution in [3.63, 3.8) is 0 Å². The Bertz CT molecular complexity index is 370. The Kier molecular flexibility index (Phi) is 6.97. The van der Waals surface area contributed by atoms with Crippen LogP contribution in [0.25, 0.3) is 0 Å². The zero-order valence-corrected chi connectivity index (χ0v) is 13.3. The summed E-state index contributed by atoms with van der Waals surface area (Å²) in [6.45, 7) is 8.44. The van der Waals surface area contributed by atoms with Crippen LogP contribution in [-0.4, -0.2) is 18.4 Å². The van der Waals surface area contributed by atoms with Gasteiger partial charge in [-0.25, -0.2) is 0 Å². The van der Waals surface area contributed by atoms with Crippen LogP contribution in [0.15, 0.2) is 11.6 Å². The number of allylic oxidation sites excluding steroid dienone is 1. The molecule has 3 atom stereocenters. The van der Waals surface area contributed by atoms with Gasteiger partial charge in [0.1, 0.15) is 0 Å².